The lowest BCUT2D eigenvalue weighted by Crippen LogP contribution is -2.24. The molecule has 134 valence electrons. The first-order valence-corrected chi connectivity index (χ1v) is 8.22. The zero-order valence-corrected chi connectivity index (χ0v) is 14.9. The fourth-order valence-electron chi connectivity index (χ4n) is 2.21. The van der Waals surface area contributed by atoms with E-state index >= 15 is 0 Å². The van der Waals surface area contributed by atoms with Gasteiger partial charge in [-0.1, -0.05) is 48.2 Å². The number of methoxy groups -OCH3 is 1. The second-order valence-electron chi connectivity index (χ2n) is 5.58. The summed E-state index contributed by atoms with van der Waals surface area (Å²) in [7, 11) is 1.34. The van der Waals surface area contributed by atoms with E-state index in [-0.39, 0.29) is 6.61 Å². The summed E-state index contributed by atoms with van der Waals surface area (Å²) < 4.78 is 9.87. The van der Waals surface area contributed by atoms with Gasteiger partial charge in [-0.3, -0.25) is 0 Å². The van der Waals surface area contributed by atoms with Crippen LogP contribution in [-0.2, 0) is 16.1 Å². The third-order valence-corrected chi connectivity index (χ3v) is 3.54. The van der Waals surface area contributed by atoms with Gasteiger partial charge in [-0.2, -0.15) is 0 Å². The monoisotopic (exact) mass is 351 g/mol. The third-order valence-electron chi connectivity index (χ3n) is 3.54. The van der Waals surface area contributed by atoms with Crippen molar-refractivity contribution < 1.29 is 19.1 Å². The highest BCUT2D eigenvalue weighted by atomic mass is 16.5. The number of nitrogens with one attached hydrogen (secondary N) is 1. The summed E-state index contributed by atoms with van der Waals surface area (Å²) in [5.74, 6) is 5.49. The fraction of sp³-hybridized carbons (Fsp3) is 0.238. The minimum atomic E-state index is -0.485. The van der Waals surface area contributed by atoms with E-state index in [0.717, 1.165) is 11.1 Å². The molecule has 26 heavy (non-hydrogen) atoms. The van der Waals surface area contributed by atoms with Gasteiger partial charge in [-0.15, -0.1) is 0 Å². The van der Waals surface area contributed by atoms with E-state index in [1.807, 2.05) is 49.4 Å². The van der Waals surface area contributed by atoms with Gasteiger partial charge in [-0.05, 0) is 30.2 Å². The molecule has 0 heterocycles. The molecule has 0 aliphatic heterocycles. The normalized spacial score (nSPS) is 9.62. The Balaban J connectivity index is 1.81. The van der Waals surface area contributed by atoms with Crippen molar-refractivity contribution in [2.45, 2.75) is 20.0 Å². The van der Waals surface area contributed by atoms with E-state index in [4.69, 9.17) is 9.47 Å². The molecule has 2 aromatic carbocycles. The van der Waals surface area contributed by atoms with Gasteiger partial charge in [0.05, 0.1) is 12.7 Å². The van der Waals surface area contributed by atoms with Gasteiger partial charge in [0.25, 0.3) is 0 Å². The zero-order valence-electron chi connectivity index (χ0n) is 14.9. The Morgan fingerprint density at radius 1 is 1.12 bits per heavy atom. The molecule has 0 aliphatic rings. The summed E-state index contributed by atoms with van der Waals surface area (Å²) in [5, 5.41) is 2.64. The van der Waals surface area contributed by atoms with Crippen LogP contribution in [0, 0.1) is 18.8 Å². The fourth-order valence-corrected chi connectivity index (χ4v) is 2.21. The molecule has 1 N–H and O–H groups in total. The van der Waals surface area contributed by atoms with Crippen LogP contribution in [0.3, 0.4) is 0 Å². The lowest BCUT2D eigenvalue weighted by molar-refractivity contribution is 0.0600. The number of esters is 1. The zero-order chi connectivity index (χ0) is 18.8. The van der Waals surface area contributed by atoms with Crippen LogP contribution in [0.2, 0.25) is 0 Å². The van der Waals surface area contributed by atoms with Crippen LogP contribution in [0.1, 0.15) is 33.5 Å². The molecule has 0 atom stereocenters. The summed E-state index contributed by atoms with van der Waals surface area (Å²) in [6.07, 6.45) is -0.0453. The van der Waals surface area contributed by atoms with Gasteiger partial charge in [0.1, 0.15) is 6.61 Å². The first-order valence-electron chi connectivity index (χ1n) is 8.22. The number of benzene rings is 2. The standard InChI is InChI=1S/C21H21NO4/c1-16-11-12-19(20(23)25-2)18(14-16)10-6-7-13-22-21(24)26-15-17-8-4-3-5-9-17/h3-5,8-9,11-12,14H,7,13,15H2,1-2H3,(H,22,24). The number of ether oxygens (including phenoxy) is 2. The second-order valence-corrected chi connectivity index (χ2v) is 5.58. The van der Waals surface area contributed by atoms with Crippen LogP contribution in [0.4, 0.5) is 4.79 Å². The van der Waals surface area contributed by atoms with Crippen LogP contribution in [0.15, 0.2) is 48.5 Å². The Morgan fingerprint density at radius 3 is 2.62 bits per heavy atom. The van der Waals surface area contributed by atoms with Crippen LogP contribution in [-0.4, -0.2) is 25.7 Å². The molecule has 0 bridgehead atoms. The van der Waals surface area contributed by atoms with Crippen molar-refractivity contribution in [3.05, 3.63) is 70.8 Å². The molecule has 0 saturated carbocycles. The van der Waals surface area contributed by atoms with Crippen molar-refractivity contribution in [1.82, 2.24) is 5.32 Å². The van der Waals surface area contributed by atoms with Crippen LogP contribution in [0.25, 0.3) is 0 Å². The highest BCUT2D eigenvalue weighted by Crippen LogP contribution is 2.12. The van der Waals surface area contributed by atoms with Gasteiger partial charge in [0.15, 0.2) is 0 Å². The molecule has 0 fully saturated rings. The molecule has 5 heteroatoms. The largest absolute Gasteiger partial charge is 0.465 e. The van der Waals surface area contributed by atoms with Crippen molar-refractivity contribution in [2.75, 3.05) is 13.7 Å². The van der Waals surface area contributed by atoms with E-state index < -0.39 is 12.1 Å². The van der Waals surface area contributed by atoms with Gasteiger partial charge in [0, 0.05) is 18.5 Å². The van der Waals surface area contributed by atoms with Crippen molar-refractivity contribution >= 4 is 12.1 Å². The van der Waals surface area contributed by atoms with E-state index in [0.29, 0.717) is 24.1 Å². The molecule has 5 nitrogen and oxygen atoms in total. The summed E-state index contributed by atoms with van der Waals surface area (Å²) >= 11 is 0. The molecule has 2 rings (SSSR count). The third kappa shape index (κ3) is 5.99. The number of hydrogen-bond acceptors (Lipinski definition) is 4. The quantitative estimate of drug-likeness (QED) is 0.509. The highest BCUT2D eigenvalue weighted by molar-refractivity contribution is 5.92. The summed E-state index contributed by atoms with van der Waals surface area (Å²) in [4.78, 5) is 23.4. The Labute approximate surface area is 153 Å². The lowest BCUT2D eigenvalue weighted by Gasteiger charge is -2.05. The molecule has 0 aliphatic carbocycles. The first kappa shape index (κ1) is 19.1. The predicted molar refractivity (Wildman–Crippen MR) is 98.6 cm³/mol. The molecular weight excluding hydrogens is 330 g/mol. The molecule has 0 unspecified atom stereocenters. The van der Waals surface area contributed by atoms with E-state index in [2.05, 4.69) is 17.2 Å². The van der Waals surface area contributed by atoms with Crippen LogP contribution >= 0.6 is 0 Å². The van der Waals surface area contributed by atoms with E-state index in [1.54, 1.807) is 6.07 Å². The minimum absolute atomic E-state index is 0.226. The number of alkyl carbamates (subject to hydrolysis) is 1. The number of hydrogen-bond donors (Lipinski definition) is 1. The van der Waals surface area contributed by atoms with E-state index in [1.165, 1.54) is 7.11 Å². The van der Waals surface area contributed by atoms with Gasteiger partial charge in [0.2, 0.25) is 0 Å². The summed E-state index contributed by atoms with van der Waals surface area (Å²) in [6, 6.07) is 14.8. The predicted octanol–water partition coefficient (Wildman–Crippen LogP) is 3.45. The van der Waals surface area contributed by atoms with Crippen LogP contribution < -0.4 is 5.32 Å². The number of amides is 1. The topological polar surface area (TPSA) is 64.6 Å². The smallest absolute Gasteiger partial charge is 0.407 e. The SMILES string of the molecule is COC(=O)c1ccc(C)cc1C#CCCNC(=O)OCc1ccccc1. The van der Waals surface area contributed by atoms with Gasteiger partial charge >= 0.3 is 12.1 Å². The molecular formula is C21H21NO4. The van der Waals surface area contributed by atoms with E-state index in [9.17, 15) is 9.59 Å². The molecule has 0 aromatic heterocycles. The Hall–Kier alpha value is -3.26. The van der Waals surface area contributed by atoms with Crippen molar-refractivity contribution in [3.63, 3.8) is 0 Å². The van der Waals surface area contributed by atoms with Crippen molar-refractivity contribution in [3.8, 4) is 11.8 Å². The maximum atomic E-state index is 11.7. The molecule has 0 spiro atoms. The maximum Gasteiger partial charge on any atom is 0.407 e. The Kier molecular flexibility index (Phi) is 7.26. The van der Waals surface area contributed by atoms with Crippen molar-refractivity contribution in [1.29, 1.82) is 0 Å². The van der Waals surface area contributed by atoms with Crippen molar-refractivity contribution in [2.24, 2.45) is 0 Å². The average molecular weight is 351 g/mol. The number of carbonyl (C=O) groups is 2. The highest BCUT2D eigenvalue weighted by Gasteiger charge is 2.10. The number of aryl methyl sites for hydroxylation is 1. The maximum absolute atomic E-state index is 11.7. The Morgan fingerprint density at radius 2 is 1.88 bits per heavy atom. The van der Waals surface area contributed by atoms with Crippen LogP contribution in [0.5, 0.6) is 0 Å². The second kappa shape index (κ2) is 9.90. The minimum Gasteiger partial charge on any atom is -0.465 e. The molecule has 2 aromatic rings. The number of rotatable bonds is 5. The van der Waals surface area contributed by atoms with Gasteiger partial charge in [-0.25, -0.2) is 9.59 Å². The molecule has 1 amide bonds. The van der Waals surface area contributed by atoms with Gasteiger partial charge < -0.3 is 14.8 Å². The number of carbonyl (C=O) groups excluding carboxylic acids is 2. The average Bonchev–Trinajstić information content (AvgIpc) is 2.66. The molecule has 0 radical (unpaired) electrons. The lowest BCUT2D eigenvalue weighted by atomic mass is 10.0. The summed E-state index contributed by atoms with van der Waals surface area (Å²) in [5.41, 5.74) is 2.98. The first-order chi connectivity index (χ1) is 12.6. The summed E-state index contributed by atoms with van der Waals surface area (Å²) in [6.45, 7) is 2.51. The molecule has 0 saturated heterocycles. The Bertz CT molecular complexity index is 819.